The molecule has 7 nitrogen and oxygen atoms in total. The van der Waals surface area contributed by atoms with Crippen molar-refractivity contribution < 1.29 is 40.6 Å². The van der Waals surface area contributed by atoms with Gasteiger partial charge in [-0.05, 0) is 37.3 Å². The highest BCUT2D eigenvalue weighted by molar-refractivity contribution is 6.02. The van der Waals surface area contributed by atoms with Gasteiger partial charge in [0.1, 0.15) is 17.3 Å². The molecule has 0 radical (unpaired) electrons. The molecule has 1 aliphatic rings. The van der Waals surface area contributed by atoms with Gasteiger partial charge in [0, 0.05) is 11.3 Å². The first-order chi connectivity index (χ1) is 14.3. The van der Waals surface area contributed by atoms with E-state index in [0.29, 0.717) is 6.20 Å². The third-order valence-electron chi connectivity index (χ3n) is 4.40. The van der Waals surface area contributed by atoms with E-state index in [0.717, 1.165) is 37.3 Å². The predicted octanol–water partition coefficient (Wildman–Crippen LogP) is 3.57. The Morgan fingerprint density at radius 1 is 1.26 bits per heavy atom. The van der Waals surface area contributed by atoms with Crippen LogP contribution < -0.4 is 15.8 Å². The summed E-state index contributed by atoms with van der Waals surface area (Å²) < 4.78 is 88.1. The fourth-order valence-corrected chi connectivity index (χ4v) is 2.78. The van der Waals surface area contributed by atoms with E-state index in [4.69, 9.17) is 5.73 Å². The summed E-state index contributed by atoms with van der Waals surface area (Å²) in [5.41, 5.74) is 2.03. The number of aliphatic imine (C=N–C) groups is 1. The topological polar surface area (TPSA) is 98.8 Å². The fourth-order valence-electron chi connectivity index (χ4n) is 2.78. The second-order valence-electron chi connectivity index (χ2n) is 6.59. The number of anilines is 1. The van der Waals surface area contributed by atoms with Gasteiger partial charge in [0.15, 0.2) is 12.1 Å². The number of aromatic nitrogens is 1. The van der Waals surface area contributed by atoms with Gasteiger partial charge < -0.3 is 20.5 Å². The number of nitrogens with two attached hydrogens (primary N) is 1. The molecule has 2 aromatic rings. The van der Waals surface area contributed by atoms with E-state index < -0.39 is 53.5 Å². The summed E-state index contributed by atoms with van der Waals surface area (Å²) in [5.74, 6) is -6.17. The van der Waals surface area contributed by atoms with Crippen LogP contribution in [0.1, 0.15) is 23.0 Å². The standard InChI is InChI=1S/C18H14F6N4O3/c1-16(17(20,21)8-30-15(25)28-16)11-6-9(2-4-12(11)19)27-14(29)13-5-3-10(7-26-13)31-18(22,23)24/h2-7H,8H2,1H3,(H2,25,28)(H,27,29)/t16-/m1/s1. The number of hydrogen-bond donors (Lipinski definition) is 2. The van der Waals surface area contributed by atoms with E-state index in [9.17, 15) is 31.1 Å². The number of alkyl halides is 5. The Hall–Kier alpha value is -3.51. The molecule has 2 heterocycles. The second kappa shape index (κ2) is 7.63. The number of hydrogen-bond acceptors (Lipinski definition) is 6. The van der Waals surface area contributed by atoms with Crippen molar-refractivity contribution in [2.24, 2.45) is 10.7 Å². The summed E-state index contributed by atoms with van der Waals surface area (Å²) in [5, 5.41) is 2.30. The minimum atomic E-state index is -4.93. The number of amides is 1. The van der Waals surface area contributed by atoms with Crippen molar-refractivity contribution in [2.45, 2.75) is 24.7 Å². The Morgan fingerprint density at radius 2 is 1.97 bits per heavy atom. The molecule has 1 aromatic heterocycles. The maximum Gasteiger partial charge on any atom is 0.573 e. The molecule has 0 unspecified atom stereocenters. The Balaban J connectivity index is 1.85. The SMILES string of the molecule is C[C@]1(c2cc(NC(=O)c3ccc(OC(F)(F)F)cn3)ccc2F)N=C(N)OCC1(F)F. The van der Waals surface area contributed by atoms with E-state index in [-0.39, 0.29) is 11.4 Å². The van der Waals surface area contributed by atoms with Crippen LogP contribution in [0, 0.1) is 5.82 Å². The monoisotopic (exact) mass is 448 g/mol. The smallest absolute Gasteiger partial charge is 0.459 e. The Morgan fingerprint density at radius 3 is 2.58 bits per heavy atom. The summed E-state index contributed by atoms with van der Waals surface area (Å²) in [6.45, 7) is -0.154. The van der Waals surface area contributed by atoms with E-state index in [1.165, 1.54) is 0 Å². The molecule has 166 valence electrons. The number of carbonyl (C=O) groups excluding carboxylic acids is 1. The number of pyridine rings is 1. The predicted molar refractivity (Wildman–Crippen MR) is 95.1 cm³/mol. The van der Waals surface area contributed by atoms with Gasteiger partial charge in [-0.15, -0.1) is 13.2 Å². The van der Waals surface area contributed by atoms with Crippen LogP contribution in [0.25, 0.3) is 0 Å². The molecule has 1 amide bonds. The molecular weight excluding hydrogens is 434 g/mol. The molecule has 0 saturated carbocycles. The first-order valence-corrected chi connectivity index (χ1v) is 8.50. The van der Waals surface area contributed by atoms with Crippen LogP contribution in [0.5, 0.6) is 5.75 Å². The summed E-state index contributed by atoms with van der Waals surface area (Å²) in [7, 11) is 0. The van der Waals surface area contributed by atoms with Crippen molar-refractivity contribution >= 4 is 17.6 Å². The Bertz CT molecular complexity index is 1030. The largest absolute Gasteiger partial charge is 0.573 e. The molecule has 0 spiro atoms. The molecular formula is C18H14F6N4O3. The lowest BCUT2D eigenvalue weighted by Gasteiger charge is -2.37. The fraction of sp³-hybridized carbons (Fsp3) is 0.278. The van der Waals surface area contributed by atoms with E-state index >= 15 is 0 Å². The van der Waals surface area contributed by atoms with Gasteiger partial charge in [-0.2, -0.15) is 8.78 Å². The average Bonchev–Trinajstić information content (AvgIpc) is 2.66. The van der Waals surface area contributed by atoms with Gasteiger partial charge in [-0.25, -0.2) is 14.4 Å². The first kappa shape index (κ1) is 22.2. The summed E-state index contributed by atoms with van der Waals surface area (Å²) in [4.78, 5) is 19.4. The molecule has 3 rings (SSSR count). The quantitative estimate of drug-likeness (QED) is 0.697. The Labute approximate surface area is 170 Å². The third kappa shape index (κ3) is 4.64. The van der Waals surface area contributed by atoms with Crippen molar-refractivity contribution in [3.05, 3.63) is 53.6 Å². The summed E-state index contributed by atoms with van der Waals surface area (Å²) >= 11 is 0. The molecule has 1 aromatic carbocycles. The van der Waals surface area contributed by atoms with Crippen molar-refractivity contribution in [3.8, 4) is 5.75 Å². The zero-order chi connectivity index (χ0) is 23.0. The number of nitrogens with zero attached hydrogens (tertiary/aromatic N) is 2. The maximum absolute atomic E-state index is 14.5. The molecule has 0 fully saturated rings. The van der Waals surface area contributed by atoms with Gasteiger partial charge in [0.25, 0.3) is 11.9 Å². The molecule has 1 aliphatic heterocycles. The van der Waals surface area contributed by atoms with Gasteiger partial charge in [0.05, 0.1) is 6.20 Å². The van der Waals surface area contributed by atoms with Gasteiger partial charge in [0.2, 0.25) is 0 Å². The number of rotatable bonds is 4. The number of amidine groups is 1. The van der Waals surface area contributed by atoms with Crippen molar-refractivity contribution in [1.29, 1.82) is 0 Å². The van der Waals surface area contributed by atoms with Gasteiger partial charge >= 0.3 is 12.3 Å². The molecule has 3 N–H and O–H groups in total. The average molecular weight is 448 g/mol. The zero-order valence-corrected chi connectivity index (χ0v) is 15.6. The van der Waals surface area contributed by atoms with E-state index in [1.807, 2.05) is 0 Å². The number of nitrogens with one attached hydrogen (secondary N) is 1. The van der Waals surface area contributed by atoms with Crippen LogP contribution in [0.2, 0.25) is 0 Å². The normalized spacial score (nSPS) is 20.4. The first-order valence-electron chi connectivity index (χ1n) is 8.50. The number of halogens is 6. The van der Waals surface area contributed by atoms with Crippen molar-refractivity contribution in [2.75, 3.05) is 11.9 Å². The van der Waals surface area contributed by atoms with Crippen LogP contribution >= 0.6 is 0 Å². The molecule has 1 atom stereocenters. The maximum atomic E-state index is 14.5. The van der Waals surface area contributed by atoms with Crippen LogP contribution in [-0.4, -0.2) is 35.8 Å². The van der Waals surface area contributed by atoms with Crippen LogP contribution in [-0.2, 0) is 10.3 Å². The van der Waals surface area contributed by atoms with E-state index in [1.54, 1.807) is 0 Å². The zero-order valence-electron chi connectivity index (χ0n) is 15.6. The van der Waals surface area contributed by atoms with Crippen LogP contribution in [0.3, 0.4) is 0 Å². The number of carbonyl (C=O) groups is 1. The highest BCUT2D eigenvalue weighted by Crippen LogP contribution is 2.44. The molecule has 13 heteroatoms. The summed E-state index contributed by atoms with van der Waals surface area (Å²) in [6, 6.07) is 4.18. The highest BCUT2D eigenvalue weighted by atomic mass is 19.4. The van der Waals surface area contributed by atoms with Crippen LogP contribution in [0.15, 0.2) is 41.5 Å². The van der Waals surface area contributed by atoms with Crippen molar-refractivity contribution in [3.63, 3.8) is 0 Å². The highest BCUT2D eigenvalue weighted by Gasteiger charge is 2.56. The van der Waals surface area contributed by atoms with E-state index in [2.05, 4.69) is 24.8 Å². The summed E-state index contributed by atoms with van der Waals surface area (Å²) in [6.07, 6.45) is -4.25. The number of ether oxygens (including phenoxy) is 2. The lowest BCUT2D eigenvalue weighted by molar-refractivity contribution is -0.274. The van der Waals surface area contributed by atoms with Crippen molar-refractivity contribution in [1.82, 2.24) is 4.98 Å². The molecule has 0 bridgehead atoms. The third-order valence-corrected chi connectivity index (χ3v) is 4.40. The second-order valence-corrected chi connectivity index (χ2v) is 6.59. The molecule has 0 saturated heterocycles. The lowest BCUT2D eigenvalue weighted by atomic mass is 9.85. The van der Waals surface area contributed by atoms with Gasteiger partial charge in [-0.1, -0.05) is 0 Å². The van der Waals surface area contributed by atoms with Crippen LogP contribution in [0.4, 0.5) is 32.0 Å². The molecule has 0 aliphatic carbocycles. The molecule has 31 heavy (non-hydrogen) atoms. The lowest BCUT2D eigenvalue weighted by Crippen LogP contribution is -2.51. The number of benzene rings is 1. The van der Waals surface area contributed by atoms with Gasteiger partial charge in [-0.3, -0.25) is 4.79 Å². The Kier molecular flexibility index (Phi) is 5.46. The minimum Gasteiger partial charge on any atom is -0.459 e. The minimum absolute atomic E-state index is 0.0869.